The number of benzene rings is 2. The minimum absolute atomic E-state index is 0.296. The standard InChI is InChI=1S/C15H15BrFNO/c1-2-19-15-9-12(17)7-8-14(15)18-10-11-5-3-4-6-13(11)16/h3-9,18H,2,10H2,1H3. The summed E-state index contributed by atoms with van der Waals surface area (Å²) < 4.78 is 19.6. The van der Waals surface area contributed by atoms with Crippen LogP contribution in [0, 0.1) is 5.82 Å². The van der Waals surface area contributed by atoms with Gasteiger partial charge in [0.2, 0.25) is 0 Å². The van der Waals surface area contributed by atoms with Gasteiger partial charge in [0.1, 0.15) is 11.6 Å². The minimum atomic E-state index is -0.296. The summed E-state index contributed by atoms with van der Waals surface area (Å²) >= 11 is 3.50. The molecule has 0 aliphatic carbocycles. The quantitative estimate of drug-likeness (QED) is 0.868. The molecule has 0 spiro atoms. The Morgan fingerprint density at radius 3 is 2.74 bits per heavy atom. The van der Waals surface area contributed by atoms with Crippen LogP contribution in [0.3, 0.4) is 0 Å². The summed E-state index contributed by atoms with van der Waals surface area (Å²) in [4.78, 5) is 0. The van der Waals surface area contributed by atoms with Gasteiger partial charge in [-0.25, -0.2) is 4.39 Å². The van der Waals surface area contributed by atoms with E-state index in [9.17, 15) is 4.39 Å². The molecule has 19 heavy (non-hydrogen) atoms. The lowest BCUT2D eigenvalue weighted by Gasteiger charge is -2.13. The van der Waals surface area contributed by atoms with Gasteiger partial charge in [-0.2, -0.15) is 0 Å². The molecule has 0 heterocycles. The highest BCUT2D eigenvalue weighted by atomic mass is 79.9. The Hall–Kier alpha value is -1.55. The van der Waals surface area contributed by atoms with E-state index in [4.69, 9.17) is 4.74 Å². The van der Waals surface area contributed by atoms with Crippen LogP contribution in [0.15, 0.2) is 46.9 Å². The van der Waals surface area contributed by atoms with Crippen molar-refractivity contribution in [3.63, 3.8) is 0 Å². The fourth-order valence-corrected chi connectivity index (χ4v) is 2.17. The number of halogens is 2. The monoisotopic (exact) mass is 323 g/mol. The van der Waals surface area contributed by atoms with Crippen molar-refractivity contribution in [1.29, 1.82) is 0 Å². The molecule has 0 radical (unpaired) electrons. The zero-order valence-electron chi connectivity index (χ0n) is 10.6. The third-order valence-electron chi connectivity index (χ3n) is 2.67. The Morgan fingerprint density at radius 1 is 1.21 bits per heavy atom. The molecule has 0 saturated carbocycles. The van der Waals surface area contributed by atoms with Crippen molar-refractivity contribution in [3.05, 3.63) is 58.3 Å². The molecule has 0 bridgehead atoms. The van der Waals surface area contributed by atoms with Crippen LogP contribution in [-0.4, -0.2) is 6.61 Å². The smallest absolute Gasteiger partial charge is 0.145 e. The topological polar surface area (TPSA) is 21.3 Å². The van der Waals surface area contributed by atoms with E-state index in [1.165, 1.54) is 12.1 Å². The normalized spacial score (nSPS) is 10.3. The highest BCUT2D eigenvalue weighted by Gasteiger charge is 2.06. The molecule has 0 aliphatic rings. The Balaban J connectivity index is 2.13. The van der Waals surface area contributed by atoms with Crippen LogP contribution in [0.5, 0.6) is 5.75 Å². The maximum absolute atomic E-state index is 13.2. The Bertz CT molecular complexity index is 560. The Kier molecular flexibility index (Phi) is 4.80. The first kappa shape index (κ1) is 13.9. The first-order chi connectivity index (χ1) is 9.20. The molecule has 0 aromatic heterocycles. The van der Waals surface area contributed by atoms with Crippen molar-refractivity contribution >= 4 is 21.6 Å². The number of hydrogen-bond donors (Lipinski definition) is 1. The van der Waals surface area contributed by atoms with E-state index >= 15 is 0 Å². The summed E-state index contributed by atoms with van der Waals surface area (Å²) in [6, 6.07) is 12.5. The zero-order chi connectivity index (χ0) is 13.7. The molecule has 2 rings (SSSR count). The van der Waals surface area contributed by atoms with Gasteiger partial charge in [0, 0.05) is 17.1 Å². The average molecular weight is 324 g/mol. The summed E-state index contributed by atoms with van der Waals surface area (Å²) in [6.45, 7) is 3.03. The fourth-order valence-electron chi connectivity index (χ4n) is 1.75. The lowest BCUT2D eigenvalue weighted by Crippen LogP contribution is -2.03. The molecular weight excluding hydrogens is 309 g/mol. The second-order valence-corrected chi connectivity index (χ2v) is 4.87. The van der Waals surface area contributed by atoms with Crippen molar-refractivity contribution in [3.8, 4) is 5.75 Å². The number of rotatable bonds is 5. The molecule has 4 heteroatoms. The molecule has 1 N–H and O–H groups in total. The predicted molar refractivity (Wildman–Crippen MR) is 79.0 cm³/mol. The third-order valence-corrected chi connectivity index (χ3v) is 3.44. The Morgan fingerprint density at radius 2 is 2.00 bits per heavy atom. The van der Waals surface area contributed by atoms with E-state index in [1.54, 1.807) is 6.07 Å². The van der Waals surface area contributed by atoms with Gasteiger partial charge in [-0.05, 0) is 30.7 Å². The highest BCUT2D eigenvalue weighted by Crippen LogP contribution is 2.26. The second kappa shape index (κ2) is 6.57. The van der Waals surface area contributed by atoms with Crippen molar-refractivity contribution in [2.75, 3.05) is 11.9 Å². The first-order valence-corrected chi connectivity index (χ1v) is 6.89. The predicted octanol–water partition coefficient (Wildman–Crippen LogP) is 4.60. The maximum atomic E-state index is 13.2. The van der Waals surface area contributed by atoms with E-state index < -0.39 is 0 Å². The van der Waals surface area contributed by atoms with E-state index in [0.29, 0.717) is 18.9 Å². The molecule has 0 unspecified atom stereocenters. The van der Waals surface area contributed by atoms with E-state index in [2.05, 4.69) is 21.2 Å². The third kappa shape index (κ3) is 3.70. The SMILES string of the molecule is CCOc1cc(F)ccc1NCc1ccccc1Br. The maximum Gasteiger partial charge on any atom is 0.145 e. The molecule has 2 aromatic carbocycles. The van der Waals surface area contributed by atoms with Gasteiger partial charge >= 0.3 is 0 Å². The molecule has 0 saturated heterocycles. The summed E-state index contributed by atoms with van der Waals surface area (Å²) in [5.74, 6) is 0.240. The van der Waals surface area contributed by atoms with Crippen LogP contribution in [0.2, 0.25) is 0 Å². The largest absolute Gasteiger partial charge is 0.492 e. The number of hydrogen-bond acceptors (Lipinski definition) is 2. The van der Waals surface area contributed by atoms with E-state index in [1.807, 2.05) is 31.2 Å². The minimum Gasteiger partial charge on any atom is -0.492 e. The highest BCUT2D eigenvalue weighted by molar-refractivity contribution is 9.10. The number of anilines is 1. The van der Waals surface area contributed by atoms with Gasteiger partial charge in [0.25, 0.3) is 0 Å². The van der Waals surface area contributed by atoms with Crippen LogP contribution in [0.4, 0.5) is 10.1 Å². The Labute approximate surface area is 120 Å². The van der Waals surface area contributed by atoms with Crippen molar-refractivity contribution in [2.24, 2.45) is 0 Å². The van der Waals surface area contributed by atoms with Gasteiger partial charge < -0.3 is 10.1 Å². The zero-order valence-corrected chi connectivity index (χ0v) is 12.2. The molecule has 0 aliphatic heterocycles. The van der Waals surface area contributed by atoms with Crippen molar-refractivity contribution in [2.45, 2.75) is 13.5 Å². The molecule has 2 nitrogen and oxygen atoms in total. The van der Waals surface area contributed by atoms with Gasteiger partial charge in [-0.15, -0.1) is 0 Å². The number of ether oxygens (including phenoxy) is 1. The van der Waals surface area contributed by atoms with Crippen LogP contribution in [0.25, 0.3) is 0 Å². The lowest BCUT2D eigenvalue weighted by atomic mass is 10.2. The average Bonchev–Trinajstić information content (AvgIpc) is 2.40. The molecule has 0 amide bonds. The lowest BCUT2D eigenvalue weighted by molar-refractivity contribution is 0.340. The van der Waals surface area contributed by atoms with E-state index in [-0.39, 0.29) is 5.82 Å². The first-order valence-electron chi connectivity index (χ1n) is 6.10. The van der Waals surface area contributed by atoms with Gasteiger partial charge in [0.15, 0.2) is 0 Å². The summed E-state index contributed by atoms with van der Waals surface area (Å²) in [5, 5.41) is 3.26. The van der Waals surface area contributed by atoms with Crippen LogP contribution in [0.1, 0.15) is 12.5 Å². The van der Waals surface area contributed by atoms with Crippen molar-refractivity contribution in [1.82, 2.24) is 0 Å². The van der Waals surface area contributed by atoms with Gasteiger partial charge in [0.05, 0.1) is 12.3 Å². The summed E-state index contributed by atoms with van der Waals surface area (Å²) in [5.41, 5.74) is 1.92. The number of nitrogens with one attached hydrogen (secondary N) is 1. The van der Waals surface area contributed by atoms with Crippen LogP contribution in [-0.2, 0) is 6.54 Å². The molecule has 0 fully saturated rings. The second-order valence-electron chi connectivity index (χ2n) is 4.02. The molecular formula is C15H15BrFNO. The van der Waals surface area contributed by atoms with Crippen LogP contribution >= 0.6 is 15.9 Å². The molecule has 0 atom stereocenters. The fraction of sp³-hybridized carbons (Fsp3) is 0.200. The molecule has 2 aromatic rings. The van der Waals surface area contributed by atoms with Crippen molar-refractivity contribution < 1.29 is 9.13 Å². The van der Waals surface area contributed by atoms with E-state index in [0.717, 1.165) is 15.7 Å². The van der Waals surface area contributed by atoms with Crippen LogP contribution < -0.4 is 10.1 Å². The summed E-state index contributed by atoms with van der Waals surface area (Å²) in [7, 11) is 0. The molecule has 100 valence electrons. The van der Waals surface area contributed by atoms with Gasteiger partial charge in [-0.3, -0.25) is 0 Å². The van der Waals surface area contributed by atoms with Gasteiger partial charge in [-0.1, -0.05) is 34.1 Å². The summed E-state index contributed by atoms with van der Waals surface area (Å²) in [6.07, 6.45) is 0.